The lowest BCUT2D eigenvalue weighted by molar-refractivity contribution is 0.175. The maximum Gasteiger partial charge on any atom is 0.212 e. The van der Waals surface area contributed by atoms with Crippen molar-refractivity contribution in [2.24, 2.45) is 5.16 Å². The second-order valence-electron chi connectivity index (χ2n) is 3.23. The second kappa shape index (κ2) is 4.44. The van der Waals surface area contributed by atoms with Crippen molar-refractivity contribution in [1.82, 2.24) is 14.6 Å². The van der Waals surface area contributed by atoms with Gasteiger partial charge >= 0.3 is 0 Å². The lowest BCUT2D eigenvalue weighted by atomic mass is 10.3. The molecular formula is C10H12N4OS. The summed E-state index contributed by atoms with van der Waals surface area (Å²) < 4.78 is 1.80. The van der Waals surface area contributed by atoms with Crippen molar-refractivity contribution < 1.29 is 4.84 Å². The van der Waals surface area contributed by atoms with E-state index in [9.17, 15) is 0 Å². The van der Waals surface area contributed by atoms with Gasteiger partial charge in [0.15, 0.2) is 0 Å². The average molecular weight is 236 g/mol. The van der Waals surface area contributed by atoms with E-state index in [1.807, 2.05) is 13.8 Å². The normalized spacial score (nSPS) is 12.0. The van der Waals surface area contributed by atoms with Crippen LogP contribution >= 0.6 is 11.3 Å². The Morgan fingerprint density at radius 2 is 2.56 bits per heavy atom. The first kappa shape index (κ1) is 10.8. The Kier molecular flexibility index (Phi) is 3.00. The molecule has 0 saturated carbocycles. The molecule has 0 radical (unpaired) electrons. The van der Waals surface area contributed by atoms with Crippen molar-refractivity contribution in [3.63, 3.8) is 0 Å². The molecule has 2 aromatic heterocycles. The van der Waals surface area contributed by atoms with Crippen LogP contribution in [0, 0.1) is 6.92 Å². The number of aryl methyl sites for hydroxylation is 1. The Morgan fingerprint density at radius 1 is 1.75 bits per heavy atom. The van der Waals surface area contributed by atoms with Crippen LogP contribution in [0.15, 0.2) is 24.1 Å². The van der Waals surface area contributed by atoms with Crippen LogP contribution in [0.2, 0.25) is 0 Å². The molecule has 5 nitrogen and oxygen atoms in total. The summed E-state index contributed by atoms with van der Waals surface area (Å²) in [5, 5.41) is 8.13. The summed E-state index contributed by atoms with van der Waals surface area (Å²) in [4.78, 5) is 11.1. The van der Waals surface area contributed by atoms with E-state index in [0.717, 1.165) is 21.2 Å². The van der Waals surface area contributed by atoms with Gasteiger partial charge in [-0.05, 0) is 13.8 Å². The Hall–Kier alpha value is -1.69. The Labute approximate surface area is 97.1 Å². The third kappa shape index (κ3) is 1.83. The van der Waals surface area contributed by atoms with Gasteiger partial charge in [0, 0.05) is 0 Å². The number of thiazole rings is 1. The standard InChI is InChI=1S/C10H12N4OS/c1-4-5-15-13-7(2)9-8(3)14-10(16-9)11-6-12-14/h4,6H,1,5H2,2-3H3/b13-7-. The maximum atomic E-state index is 5.05. The molecule has 2 aromatic rings. The molecule has 0 aliphatic rings. The minimum absolute atomic E-state index is 0.414. The molecule has 6 heteroatoms. The number of aromatic nitrogens is 3. The van der Waals surface area contributed by atoms with Gasteiger partial charge in [-0.1, -0.05) is 29.1 Å². The number of fused-ring (bicyclic) bond motifs is 1. The van der Waals surface area contributed by atoms with E-state index in [1.165, 1.54) is 0 Å². The quantitative estimate of drug-likeness (QED) is 0.353. The van der Waals surface area contributed by atoms with E-state index in [2.05, 4.69) is 21.8 Å². The van der Waals surface area contributed by atoms with Crippen LogP contribution in [0.25, 0.3) is 4.96 Å². The molecule has 2 heterocycles. The first-order valence-corrected chi connectivity index (χ1v) is 5.62. The van der Waals surface area contributed by atoms with Crippen LogP contribution in [0.4, 0.5) is 0 Å². The number of oxime groups is 1. The van der Waals surface area contributed by atoms with Crippen LogP contribution in [0.1, 0.15) is 17.5 Å². The maximum absolute atomic E-state index is 5.05. The van der Waals surface area contributed by atoms with E-state index in [4.69, 9.17) is 4.84 Å². The number of hydrogen-bond acceptors (Lipinski definition) is 5. The minimum Gasteiger partial charge on any atom is -0.391 e. The zero-order valence-corrected chi connectivity index (χ0v) is 9.99. The van der Waals surface area contributed by atoms with Crippen LogP contribution in [-0.2, 0) is 4.84 Å². The van der Waals surface area contributed by atoms with Gasteiger partial charge in [-0.3, -0.25) is 0 Å². The predicted molar refractivity (Wildman–Crippen MR) is 64.0 cm³/mol. The Morgan fingerprint density at radius 3 is 3.25 bits per heavy atom. The highest BCUT2D eigenvalue weighted by Gasteiger charge is 2.12. The average Bonchev–Trinajstić information content (AvgIpc) is 2.82. The van der Waals surface area contributed by atoms with Gasteiger partial charge < -0.3 is 4.84 Å². The molecule has 0 aromatic carbocycles. The summed E-state index contributed by atoms with van der Waals surface area (Å²) in [7, 11) is 0. The van der Waals surface area contributed by atoms with Crippen molar-refractivity contribution in [2.45, 2.75) is 13.8 Å². The summed E-state index contributed by atoms with van der Waals surface area (Å²) in [6.45, 7) is 7.86. The molecule has 84 valence electrons. The highest BCUT2D eigenvalue weighted by Crippen LogP contribution is 2.21. The zero-order valence-electron chi connectivity index (χ0n) is 9.17. The first-order chi connectivity index (χ1) is 7.74. The molecule has 2 rings (SSSR count). The fraction of sp³-hybridized carbons (Fsp3) is 0.300. The fourth-order valence-electron chi connectivity index (χ4n) is 1.36. The summed E-state index contributed by atoms with van der Waals surface area (Å²) in [5.41, 5.74) is 1.86. The molecular weight excluding hydrogens is 224 g/mol. The second-order valence-corrected chi connectivity index (χ2v) is 4.21. The Bertz CT molecular complexity index is 540. The van der Waals surface area contributed by atoms with Gasteiger partial charge in [-0.2, -0.15) is 5.10 Å². The van der Waals surface area contributed by atoms with Crippen molar-refractivity contribution in [3.05, 3.63) is 29.6 Å². The van der Waals surface area contributed by atoms with Crippen molar-refractivity contribution in [3.8, 4) is 0 Å². The summed E-state index contributed by atoms with van der Waals surface area (Å²) >= 11 is 1.55. The topological polar surface area (TPSA) is 51.8 Å². The molecule has 0 spiro atoms. The summed E-state index contributed by atoms with van der Waals surface area (Å²) in [5.74, 6) is 0. The first-order valence-electron chi connectivity index (χ1n) is 4.81. The monoisotopic (exact) mass is 236 g/mol. The minimum atomic E-state index is 0.414. The molecule has 0 unspecified atom stereocenters. The molecule has 0 bridgehead atoms. The predicted octanol–water partition coefficient (Wildman–Crippen LogP) is 2.03. The van der Waals surface area contributed by atoms with E-state index in [-0.39, 0.29) is 0 Å². The van der Waals surface area contributed by atoms with Gasteiger partial charge in [0.05, 0.1) is 16.3 Å². The van der Waals surface area contributed by atoms with E-state index in [1.54, 1.807) is 28.3 Å². The summed E-state index contributed by atoms with van der Waals surface area (Å²) in [6.07, 6.45) is 3.20. The van der Waals surface area contributed by atoms with Crippen LogP contribution < -0.4 is 0 Å². The number of rotatable bonds is 4. The smallest absolute Gasteiger partial charge is 0.212 e. The molecule has 0 atom stereocenters. The van der Waals surface area contributed by atoms with Crippen LogP contribution in [0.5, 0.6) is 0 Å². The molecule has 16 heavy (non-hydrogen) atoms. The van der Waals surface area contributed by atoms with Crippen LogP contribution in [-0.4, -0.2) is 26.9 Å². The molecule has 0 saturated heterocycles. The molecule has 0 amide bonds. The highest BCUT2D eigenvalue weighted by molar-refractivity contribution is 7.19. The summed E-state index contributed by atoms with van der Waals surface area (Å²) in [6, 6.07) is 0. The van der Waals surface area contributed by atoms with Crippen molar-refractivity contribution in [2.75, 3.05) is 6.61 Å². The largest absolute Gasteiger partial charge is 0.391 e. The van der Waals surface area contributed by atoms with Gasteiger partial charge in [-0.25, -0.2) is 9.50 Å². The fourth-order valence-corrected chi connectivity index (χ4v) is 2.33. The lowest BCUT2D eigenvalue weighted by Gasteiger charge is -1.98. The third-order valence-electron chi connectivity index (χ3n) is 2.08. The number of nitrogens with zero attached hydrogens (tertiary/aromatic N) is 4. The lowest BCUT2D eigenvalue weighted by Crippen LogP contribution is -1.98. The van der Waals surface area contributed by atoms with Gasteiger partial charge in [0.2, 0.25) is 4.96 Å². The molecule has 0 aliphatic carbocycles. The Balaban J connectivity index is 2.31. The van der Waals surface area contributed by atoms with Gasteiger partial charge in [0.25, 0.3) is 0 Å². The third-order valence-corrected chi connectivity index (χ3v) is 3.33. The zero-order chi connectivity index (χ0) is 11.5. The number of hydrogen-bond donors (Lipinski definition) is 0. The van der Waals surface area contributed by atoms with Gasteiger partial charge in [-0.15, -0.1) is 0 Å². The molecule has 0 N–H and O–H groups in total. The SMILES string of the molecule is C=CCO/N=C(/C)c1sc2ncnn2c1C. The van der Waals surface area contributed by atoms with Crippen LogP contribution in [0.3, 0.4) is 0 Å². The van der Waals surface area contributed by atoms with Gasteiger partial charge in [0.1, 0.15) is 12.9 Å². The molecule has 0 fully saturated rings. The van der Waals surface area contributed by atoms with E-state index in [0.29, 0.717) is 6.61 Å². The van der Waals surface area contributed by atoms with E-state index < -0.39 is 0 Å². The van der Waals surface area contributed by atoms with Crippen molar-refractivity contribution >= 4 is 22.0 Å². The van der Waals surface area contributed by atoms with Crippen molar-refractivity contribution in [1.29, 1.82) is 0 Å². The van der Waals surface area contributed by atoms with E-state index >= 15 is 0 Å². The highest BCUT2D eigenvalue weighted by atomic mass is 32.1. The molecule has 0 aliphatic heterocycles.